The van der Waals surface area contributed by atoms with E-state index < -0.39 is 11.7 Å². The predicted molar refractivity (Wildman–Crippen MR) is 73.5 cm³/mol. The number of aliphatic hydroxyl groups is 1. The van der Waals surface area contributed by atoms with E-state index in [0.29, 0.717) is 12.5 Å². The van der Waals surface area contributed by atoms with Crippen molar-refractivity contribution in [2.24, 2.45) is 11.8 Å². The summed E-state index contributed by atoms with van der Waals surface area (Å²) in [6, 6.07) is 0. The van der Waals surface area contributed by atoms with Crippen LogP contribution in [0.5, 0.6) is 0 Å². The number of rotatable bonds is 7. The molecule has 1 atom stereocenters. The Morgan fingerprint density at radius 3 is 2.33 bits per heavy atom. The van der Waals surface area contributed by atoms with Gasteiger partial charge in [0, 0.05) is 13.2 Å². The lowest BCUT2D eigenvalue weighted by Gasteiger charge is -2.21. The van der Waals surface area contributed by atoms with Gasteiger partial charge in [-0.1, -0.05) is 26.7 Å². The maximum absolute atomic E-state index is 11.4. The number of hydrogen-bond donors (Lipinski definition) is 2. The summed E-state index contributed by atoms with van der Waals surface area (Å²) in [6.07, 6.45) is 2.76. The molecule has 18 heavy (non-hydrogen) atoms. The van der Waals surface area contributed by atoms with Gasteiger partial charge >= 0.3 is 6.09 Å². The molecule has 1 amide bonds. The molecule has 0 fully saturated rings. The van der Waals surface area contributed by atoms with Gasteiger partial charge in [0.05, 0.1) is 0 Å². The van der Waals surface area contributed by atoms with Crippen molar-refractivity contribution in [2.45, 2.75) is 59.5 Å². The van der Waals surface area contributed by atoms with E-state index >= 15 is 0 Å². The van der Waals surface area contributed by atoms with Gasteiger partial charge in [0.2, 0.25) is 0 Å². The number of alkyl carbamates (subject to hydrolysis) is 1. The van der Waals surface area contributed by atoms with Crippen molar-refractivity contribution in [3.05, 3.63) is 0 Å². The molecule has 0 heterocycles. The second-order valence-electron chi connectivity index (χ2n) is 6.26. The normalized spacial score (nSPS) is 13.5. The van der Waals surface area contributed by atoms with Crippen molar-refractivity contribution in [2.75, 3.05) is 13.2 Å². The number of nitrogens with one attached hydrogen (secondary N) is 1. The van der Waals surface area contributed by atoms with Crippen LogP contribution in [-0.2, 0) is 4.74 Å². The number of aliphatic hydroxyl groups excluding tert-OH is 1. The summed E-state index contributed by atoms with van der Waals surface area (Å²) in [5.74, 6) is 0.805. The zero-order chi connectivity index (χ0) is 14.2. The molecule has 0 aliphatic carbocycles. The number of carbonyl (C=O) groups is 1. The Morgan fingerprint density at radius 2 is 1.89 bits per heavy atom. The molecule has 2 N–H and O–H groups in total. The second-order valence-corrected chi connectivity index (χ2v) is 6.26. The highest BCUT2D eigenvalue weighted by Gasteiger charge is 2.17. The van der Waals surface area contributed by atoms with Crippen LogP contribution in [0.4, 0.5) is 4.79 Å². The number of amides is 1. The molecule has 0 bridgehead atoms. The molecule has 1 unspecified atom stereocenters. The van der Waals surface area contributed by atoms with Crippen molar-refractivity contribution < 1.29 is 14.6 Å². The molecule has 4 heteroatoms. The fraction of sp³-hybridized carbons (Fsp3) is 0.929. The molecule has 0 rings (SSSR count). The topological polar surface area (TPSA) is 58.6 Å². The van der Waals surface area contributed by atoms with Gasteiger partial charge in [-0.2, -0.15) is 0 Å². The minimum atomic E-state index is -0.476. The smallest absolute Gasteiger partial charge is 0.407 e. The van der Waals surface area contributed by atoms with E-state index in [9.17, 15) is 9.90 Å². The van der Waals surface area contributed by atoms with Crippen molar-refractivity contribution in [3.8, 4) is 0 Å². The predicted octanol–water partition coefficient (Wildman–Crippen LogP) is 2.95. The molecule has 0 aromatic heterocycles. The zero-order valence-electron chi connectivity index (χ0n) is 12.5. The van der Waals surface area contributed by atoms with Crippen LogP contribution in [0.1, 0.15) is 53.9 Å². The van der Waals surface area contributed by atoms with Gasteiger partial charge in [-0.05, 0) is 39.0 Å². The van der Waals surface area contributed by atoms with Crippen molar-refractivity contribution in [1.82, 2.24) is 5.32 Å². The summed E-state index contributed by atoms with van der Waals surface area (Å²) >= 11 is 0. The average Bonchev–Trinajstić information content (AvgIpc) is 2.20. The van der Waals surface area contributed by atoms with Gasteiger partial charge in [0.15, 0.2) is 0 Å². The standard InChI is InChI=1S/C14H29NO3/c1-11(2)7-6-8-12(10-16)9-15-13(17)18-14(3,4)5/h11-12,16H,6-10H2,1-5H3,(H,15,17). The maximum Gasteiger partial charge on any atom is 0.407 e. The molecule has 0 aromatic carbocycles. The van der Waals surface area contributed by atoms with Crippen LogP contribution in [0, 0.1) is 11.8 Å². The molecule has 0 saturated carbocycles. The van der Waals surface area contributed by atoms with Gasteiger partial charge in [-0.25, -0.2) is 4.79 Å². The minimum Gasteiger partial charge on any atom is -0.444 e. The van der Waals surface area contributed by atoms with Crippen molar-refractivity contribution in [3.63, 3.8) is 0 Å². The SMILES string of the molecule is CC(C)CCCC(CO)CNC(=O)OC(C)(C)C. The van der Waals surface area contributed by atoms with E-state index in [1.807, 2.05) is 20.8 Å². The summed E-state index contributed by atoms with van der Waals surface area (Å²) in [4.78, 5) is 11.4. The van der Waals surface area contributed by atoms with E-state index in [1.165, 1.54) is 0 Å². The molecular weight excluding hydrogens is 230 g/mol. The summed E-state index contributed by atoms with van der Waals surface area (Å²) < 4.78 is 5.14. The molecule has 0 saturated heterocycles. The number of carbonyl (C=O) groups excluding carboxylic acids is 1. The third kappa shape index (κ3) is 10.4. The molecule has 0 aliphatic heterocycles. The summed E-state index contributed by atoms with van der Waals surface area (Å²) in [5, 5.41) is 12.0. The highest BCUT2D eigenvalue weighted by atomic mass is 16.6. The Kier molecular flexibility index (Phi) is 8.00. The zero-order valence-corrected chi connectivity index (χ0v) is 12.5. The average molecular weight is 259 g/mol. The first kappa shape index (κ1) is 17.2. The lowest BCUT2D eigenvalue weighted by molar-refractivity contribution is 0.0511. The molecular formula is C14H29NO3. The Balaban J connectivity index is 3.82. The van der Waals surface area contributed by atoms with Gasteiger partial charge in [0.1, 0.15) is 5.60 Å². The number of hydrogen-bond acceptors (Lipinski definition) is 3. The Bertz CT molecular complexity index is 234. The van der Waals surface area contributed by atoms with E-state index in [4.69, 9.17) is 4.74 Å². The van der Waals surface area contributed by atoms with E-state index in [0.717, 1.165) is 19.3 Å². The van der Waals surface area contributed by atoms with Crippen LogP contribution in [0.25, 0.3) is 0 Å². The third-order valence-electron chi connectivity index (χ3n) is 2.59. The third-order valence-corrected chi connectivity index (χ3v) is 2.59. The Hall–Kier alpha value is -0.770. The van der Waals surface area contributed by atoms with Crippen LogP contribution in [-0.4, -0.2) is 30.0 Å². The van der Waals surface area contributed by atoms with Crippen LogP contribution < -0.4 is 5.32 Å². The highest BCUT2D eigenvalue weighted by Crippen LogP contribution is 2.12. The first-order chi connectivity index (χ1) is 8.24. The van der Waals surface area contributed by atoms with Crippen molar-refractivity contribution >= 4 is 6.09 Å². The van der Waals surface area contributed by atoms with Gasteiger partial charge in [-0.15, -0.1) is 0 Å². The monoisotopic (exact) mass is 259 g/mol. The molecule has 0 radical (unpaired) electrons. The Labute approximate surface area is 111 Å². The fourth-order valence-electron chi connectivity index (χ4n) is 1.61. The quantitative estimate of drug-likeness (QED) is 0.739. The lowest BCUT2D eigenvalue weighted by Crippen LogP contribution is -2.36. The molecule has 4 nitrogen and oxygen atoms in total. The van der Waals surface area contributed by atoms with Gasteiger partial charge < -0.3 is 15.2 Å². The minimum absolute atomic E-state index is 0.105. The fourth-order valence-corrected chi connectivity index (χ4v) is 1.61. The summed E-state index contributed by atoms with van der Waals surface area (Å²) in [6.45, 7) is 10.5. The van der Waals surface area contributed by atoms with Gasteiger partial charge in [0.25, 0.3) is 0 Å². The molecule has 0 aliphatic rings. The lowest BCUT2D eigenvalue weighted by atomic mass is 9.99. The molecule has 0 aromatic rings. The van der Waals surface area contributed by atoms with Crippen molar-refractivity contribution in [1.29, 1.82) is 0 Å². The van der Waals surface area contributed by atoms with Crippen LogP contribution in [0.3, 0.4) is 0 Å². The Morgan fingerprint density at radius 1 is 1.28 bits per heavy atom. The van der Waals surface area contributed by atoms with E-state index in [1.54, 1.807) is 0 Å². The summed E-state index contributed by atoms with van der Waals surface area (Å²) in [5.41, 5.74) is -0.476. The van der Waals surface area contributed by atoms with E-state index in [-0.39, 0.29) is 12.5 Å². The number of ether oxygens (including phenoxy) is 1. The summed E-state index contributed by atoms with van der Waals surface area (Å²) in [7, 11) is 0. The van der Waals surface area contributed by atoms with Gasteiger partial charge in [-0.3, -0.25) is 0 Å². The van der Waals surface area contributed by atoms with E-state index in [2.05, 4.69) is 19.2 Å². The largest absolute Gasteiger partial charge is 0.444 e. The first-order valence-corrected chi connectivity index (χ1v) is 6.82. The second kappa shape index (κ2) is 8.35. The van der Waals surface area contributed by atoms with Crippen LogP contribution >= 0.6 is 0 Å². The first-order valence-electron chi connectivity index (χ1n) is 6.82. The molecule has 108 valence electrons. The van der Waals surface area contributed by atoms with Crippen LogP contribution in [0.2, 0.25) is 0 Å². The maximum atomic E-state index is 11.4. The van der Waals surface area contributed by atoms with Crippen LogP contribution in [0.15, 0.2) is 0 Å². The molecule has 0 spiro atoms. The highest BCUT2D eigenvalue weighted by molar-refractivity contribution is 5.67.